The summed E-state index contributed by atoms with van der Waals surface area (Å²) in [6.45, 7) is 4.77. The summed E-state index contributed by atoms with van der Waals surface area (Å²) in [7, 11) is -2.20. The van der Waals surface area contributed by atoms with E-state index in [4.69, 9.17) is 18.6 Å². The number of hydrogen-bond donors (Lipinski definition) is 0. The number of hydrogen-bond acceptors (Lipinski definition) is 11. The summed E-state index contributed by atoms with van der Waals surface area (Å²) in [4.78, 5) is 47.5. The fourth-order valence-corrected chi connectivity index (χ4v) is 9.92. The molecule has 0 N–H and O–H groups in total. The van der Waals surface area contributed by atoms with Crippen molar-refractivity contribution in [2.75, 3.05) is 12.9 Å². The first-order valence-electron chi connectivity index (χ1n) is 16.3. The Hall–Kier alpha value is -3.59. The third-order valence-corrected chi connectivity index (χ3v) is 14.1. The number of aromatic nitrogens is 3. The summed E-state index contributed by atoms with van der Waals surface area (Å²) in [6, 6.07) is 6.12. The standard InChI is InChI=1S/C34H39N3O9S2/c1-19-28-31(39)37(20(2)25(38)18-48(41,42)34(3)11-12-34)33(40)36(32(28)47-29(19)30-35-13-14-44-30)17-27(24-7-5-6-8-26(24)43-4)46-23-15-21-9-10-22(16-23)45-21/h5-8,13-14,20-23,27H,9-12,15-18H2,1-4H3/t20-,21-,22+,23?,27+/m1/s1. The van der Waals surface area contributed by atoms with E-state index >= 15 is 0 Å². The topological polar surface area (TPSA) is 149 Å². The van der Waals surface area contributed by atoms with Crippen molar-refractivity contribution in [1.29, 1.82) is 0 Å². The fourth-order valence-electron chi connectivity index (χ4n) is 6.99. The number of aryl methyl sites for hydroxylation is 1. The predicted octanol–water partition coefficient (Wildman–Crippen LogP) is 4.76. The number of oxazole rings is 1. The lowest BCUT2D eigenvalue weighted by molar-refractivity contribution is -0.119. The van der Waals surface area contributed by atoms with Crippen LogP contribution in [0.3, 0.4) is 0 Å². The maximum absolute atomic E-state index is 14.5. The Kier molecular flexibility index (Phi) is 8.49. The number of carbonyl (C=O) groups is 1. The molecule has 48 heavy (non-hydrogen) atoms. The van der Waals surface area contributed by atoms with Crippen LogP contribution in [0.2, 0.25) is 0 Å². The molecule has 0 spiro atoms. The zero-order valence-electron chi connectivity index (χ0n) is 27.3. The Balaban J connectivity index is 1.37. The maximum atomic E-state index is 14.5. The first kappa shape index (κ1) is 32.9. The zero-order chi connectivity index (χ0) is 34.0. The number of benzene rings is 1. The molecule has 3 aliphatic rings. The fraction of sp³-hybridized carbons (Fsp3) is 0.529. The van der Waals surface area contributed by atoms with Crippen LogP contribution in [0.1, 0.15) is 75.6 Å². The third-order valence-electron chi connectivity index (χ3n) is 10.2. The summed E-state index contributed by atoms with van der Waals surface area (Å²) in [6.07, 6.45) is 6.71. The van der Waals surface area contributed by atoms with Crippen molar-refractivity contribution in [2.45, 2.75) is 101 Å². The quantitative estimate of drug-likeness (QED) is 0.203. The molecule has 0 radical (unpaired) electrons. The van der Waals surface area contributed by atoms with E-state index in [1.807, 2.05) is 24.3 Å². The number of thiophene rings is 1. The molecule has 12 nitrogen and oxygen atoms in total. The van der Waals surface area contributed by atoms with Crippen molar-refractivity contribution in [3.05, 3.63) is 68.7 Å². The first-order valence-corrected chi connectivity index (χ1v) is 18.7. The second kappa shape index (κ2) is 12.4. The van der Waals surface area contributed by atoms with Crippen LogP contribution in [0.5, 0.6) is 5.75 Å². The van der Waals surface area contributed by atoms with Gasteiger partial charge in [0.1, 0.15) is 28.7 Å². The monoisotopic (exact) mass is 697 g/mol. The van der Waals surface area contributed by atoms with Gasteiger partial charge in [-0.3, -0.25) is 14.2 Å². The van der Waals surface area contributed by atoms with Crippen LogP contribution >= 0.6 is 11.3 Å². The average molecular weight is 698 g/mol. The van der Waals surface area contributed by atoms with Gasteiger partial charge in [-0.05, 0) is 70.9 Å². The van der Waals surface area contributed by atoms with E-state index in [1.165, 1.54) is 35.3 Å². The van der Waals surface area contributed by atoms with Crippen molar-refractivity contribution < 1.29 is 31.8 Å². The molecule has 1 aromatic carbocycles. The lowest BCUT2D eigenvalue weighted by atomic mass is 10.0. The van der Waals surface area contributed by atoms with E-state index in [2.05, 4.69) is 4.98 Å². The Morgan fingerprint density at radius 1 is 1.17 bits per heavy atom. The molecule has 5 heterocycles. The lowest BCUT2D eigenvalue weighted by Gasteiger charge is -2.32. The number of para-hydroxylation sites is 1. The van der Waals surface area contributed by atoms with E-state index in [-0.39, 0.29) is 30.2 Å². The molecular formula is C34H39N3O9S2. The van der Waals surface area contributed by atoms with E-state index in [9.17, 15) is 22.8 Å². The van der Waals surface area contributed by atoms with E-state index in [0.717, 1.165) is 35.8 Å². The summed E-state index contributed by atoms with van der Waals surface area (Å²) in [5.74, 6) is -0.594. The number of ether oxygens (including phenoxy) is 3. The van der Waals surface area contributed by atoms with Gasteiger partial charge in [-0.15, -0.1) is 11.3 Å². The summed E-state index contributed by atoms with van der Waals surface area (Å²) < 4.78 is 51.7. The SMILES string of the molecule is COc1ccccc1[C@H](Cn1c(=O)n([C@H](C)C(=O)CS(=O)(=O)C2(C)CC2)c(=O)c2c(C)c(-c3ncco3)sc21)OC1C[C@H]2CC[C@@H](C1)O2. The van der Waals surface area contributed by atoms with Crippen molar-refractivity contribution in [2.24, 2.45) is 0 Å². The van der Waals surface area contributed by atoms with E-state index < -0.39 is 49.5 Å². The lowest BCUT2D eigenvalue weighted by Crippen LogP contribution is -2.45. The third kappa shape index (κ3) is 5.76. The number of carbonyl (C=O) groups excluding carboxylic acids is 1. The minimum absolute atomic E-state index is 0.00899. The van der Waals surface area contributed by atoms with Crippen molar-refractivity contribution in [3.63, 3.8) is 0 Å². The molecule has 3 fully saturated rings. The molecule has 14 heteroatoms. The molecule has 256 valence electrons. The highest BCUT2D eigenvalue weighted by Crippen LogP contribution is 2.44. The average Bonchev–Trinajstić information content (AvgIpc) is 3.35. The molecule has 0 amide bonds. The summed E-state index contributed by atoms with van der Waals surface area (Å²) >= 11 is 1.20. The number of fused-ring (bicyclic) bond motifs is 3. The van der Waals surface area contributed by atoms with E-state index in [0.29, 0.717) is 39.8 Å². The second-order valence-corrected chi connectivity index (χ2v) is 16.9. The van der Waals surface area contributed by atoms with Gasteiger partial charge in [0, 0.05) is 5.56 Å². The molecule has 7 rings (SSSR count). The molecule has 5 atom stereocenters. The highest BCUT2D eigenvalue weighted by molar-refractivity contribution is 7.93. The van der Waals surface area contributed by atoms with Gasteiger partial charge in [-0.25, -0.2) is 22.8 Å². The molecule has 3 aromatic heterocycles. The largest absolute Gasteiger partial charge is 0.496 e. The van der Waals surface area contributed by atoms with Crippen molar-refractivity contribution in [3.8, 4) is 16.5 Å². The van der Waals surface area contributed by atoms with Crippen molar-refractivity contribution in [1.82, 2.24) is 14.1 Å². The second-order valence-electron chi connectivity index (χ2n) is 13.4. The minimum Gasteiger partial charge on any atom is -0.496 e. The molecule has 2 saturated heterocycles. The smallest absolute Gasteiger partial charge is 0.332 e. The Bertz CT molecular complexity index is 2080. The molecule has 4 aromatic rings. The van der Waals surface area contributed by atoms with Gasteiger partial charge >= 0.3 is 5.69 Å². The normalized spacial score (nSPS) is 22.9. The van der Waals surface area contributed by atoms with Gasteiger partial charge < -0.3 is 18.6 Å². The van der Waals surface area contributed by atoms with Crippen LogP contribution < -0.4 is 16.0 Å². The highest BCUT2D eigenvalue weighted by Gasteiger charge is 2.50. The Labute approximate surface area is 281 Å². The van der Waals surface area contributed by atoms with Gasteiger partial charge in [0.15, 0.2) is 15.6 Å². The van der Waals surface area contributed by atoms with Crippen LogP contribution in [-0.2, 0) is 30.7 Å². The Morgan fingerprint density at radius 2 is 1.88 bits per heavy atom. The highest BCUT2D eigenvalue weighted by atomic mass is 32.2. The van der Waals surface area contributed by atoms with Crippen molar-refractivity contribution >= 4 is 37.2 Å². The molecular weight excluding hydrogens is 659 g/mol. The number of nitrogens with zero attached hydrogens (tertiary/aromatic N) is 3. The molecule has 2 aliphatic heterocycles. The van der Waals surface area contributed by atoms with Crippen LogP contribution in [0, 0.1) is 6.92 Å². The van der Waals surface area contributed by atoms with Crippen LogP contribution in [0.4, 0.5) is 0 Å². The van der Waals surface area contributed by atoms with Gasteiger partial charge in [0.2, 0.25) is 5.89 Å². The summed E-state index contributed by atoms with van der Waals surface area (Å²) in [5.41, 5.74) is -0.146. The molecule has 1 saturated carbocycles. The molecule has 2 bridgehead atoms. The minimum atomic E-state index is -3.77. The maximum Gasteiger partial charge on any atom is 0.332 e. The number of sulfone groups is 1. The van der Waals surface area contributed by atoms with E-state index in [1.54, 1.807) is 21.0 Å². The number of ketones is 1. The summed E-state index contributed by atoms with van der Waals surface area (Å²) in [5, 5.41) is 0.229. The van der Waals surface area contributed by atoms with Crippen LogP contribution in [0.25, 0.3) is 21.0 Å². The Morgan fingerprint density at radius 3 is 2.52 bits per heavy atom. The molecule has 1 unspecified atom stereocenters. The van der Waals surface area contributed by atoms with Gasteiger partial charge in [0.25, 0.3) is 5.56 Å². The van der Waals surface area contributed by atoms with Gasteiger partial charge in [0.05, 0.1) is 59.2 Å². The van der Waals surface area contributed by atoms with Crippen LogP contribution in [-0.4, -0.2) is 64.2 Å². The van der Waals surface area contributed by atoms with Crippen LogP contribution in [0.15, 0.2) is 50.7 Å². The zero-order valence-corrected chi connectivity index (χ0v) is 29.0. The van der Waals surface area contributed by atoms with Gasteiger partial charge in [-0.2, -0.15) is 0 Å². The number of rotatable bonds is 12. The number of methoxy groups -OCH3 is 1. The molecule has 1 aliphatic carbocycles. The predicted molar refractivity (Wildman–Crippen MR) is 179 cm³/mol. The first-order chi connectivity index (χ1) is 22.9. The number of Topliss-reactive ketones (excluding diaryl/α,β-unsaturated/α-hetero) is 1. The van der Waals surface area contributed by atoms with Gasteiger partial charge in [-0.1, -0.05) is 18.2 Å².